The lowest BCUT2D eigenvalue weighted by Gasteiger charge is -2.25. The van der Waals surface area contributed by atoms with Crippen molar-refractivity contribution in [3.8, 4) is 168 Å². The van der Waals surface area contributed by atoms with E-state index in [1.165, 1.54) is 181 Å². The summed E-state index contributed by atoms with van der Waals surface area (Å²) < 4.78 is 34.4. The molecule has 24 aromatic carbocycles. The maximum atomic E-state index is 5.86. The molecule has 0 spiro atoms. The van der Waals surface area contributed by atoms with E-state index in [9.17, 15) is 0 Å². The Morgan fingerprint density at radius 3 is 0.362 bits per heavy atom. The molecule has 24 aromatic rings. The lowest BCUT2D eigenvalue weighted by Crippen LogP contribution is -1.98. The van der Waals surface area contributed by atoms with Crippen LogP contribution in [0.3, 0.4) is 0 Å². The highest BCUT2D eigenvalue weighted by Crippen LogP contribution is 2.59. The smallest absolute Gasteiger partial charge is 0.119 e. The van der Waals surface area contributed by atoms with Crippen LogP contribution in [0.15, 0.2) is 473 Å². The van der Waals surface area contributed by atoms with Gasteiger partial charge >= 0.3 is 0 Å². The third-order valence-corrected chi connectivity index (χ3v) is 27.1. The van der Waals surface area contributed by atoms with Gasteiger partial charge in [0.25, 0.3) is 0 Å². The maximum absolute atomic E-state index is 5.86. The fourth-order valence-corrected chi connectivity index (χ4v) is 21.2. The molecule has 0 aliphatic heterocycles. The number of hydrogen-bond acceptors (Lipinski definition) is 6. The summed E-state index contributed by atoms with van der Waals surface area (Å²) in [5, 5.41) is 21.6. The molecule has 0 bridgehead atoms. The summed E-state index contributed by atoms with van der Waals surface area (Å²) in [6, 6.07) is 169. The summed E-state index contributed by atoms with van der Waals surface area (Å²) in [7, 11) is 10.4. The van der Waals surface area contributed by atoms with Crippen molar-refractivity contribution >= 4 is 97.0 Å². The van der Waals surface area contributed by atoms with Crippen LogP contribution in [0, 0.1) is 0 Å². The largest absolute Gasteiger partial charge is 0.497 e. The highest BCUT2D eigenvalue weighted by atomic mass is 16.5. The van der Waals surface area contributed by atoms with E-state index < -0.39 is 0 Å². The molecular weight excluding hydrogens is 1680 g/mol. The van der Waals surface area contributed by atoms with Crippen LogP contribution < -0.4 is 28.4 Å². The second-order valence-corrected chi connectivity index (χ2v) is 34.6. The van der Waals surface area contributed by atoms with Gasteiger partial charge < -0.3 is 28.4 Å². The van der Waals surface area contributed by atoms with Crippen molar-refractivity contribution in [2.45, 2.75) is 0 Å². The fraction of sp³-hybridized carbons (Fsp3) is 0.0455. The van der Waals surface area contributed by atoms with Crippen molar-refractivity contribution < 1.29 is 28.4 Å². The first-order chi connectivity index (χ1) is 68.3. The zero-order valence-electron chi connectivity index (χ0n) is 77.5. The third-order valence-electron chi connectivity index (χ3n) is 27.1. The van der Waals surface area contributed by atoms with Crippen LogP contribution in [-0.2, 0) is 0 Å². The number of fused-ring (bicyclic) bond motifs is 9. The molecule has 0 aliphatic rings. The molecule has 0 N–H and O–H groups in total. The summed E-state index contributed by atoms with van der Waals surface area (Å²) in [6.07, 6.45) is 0. The average molecular weight is 1780 g/mol. The second-order valence-electron chi connectivity index (χ2n) is 34.6. The van der Waals surface area contributed by atoms with Gasteiger partial charge in [0.2, 0.25) is 0 Å². The number of benzene rings is 24. The van der Waals surface area contributed by atoms with Crippen molar-refractivity contribution in [2.75, 3.05) is 42.7 Å². The Balaban J connectivity index is 0.000000119. The minimum absolute atomic E-state index is 0.832. The van der Waals surface area contributed by atoms with Gasteiger partial charge in [-0.05, 0) is 303 Å². The molecular formula is C132H96O6. The third kappa shape index (κ3) is 15.5. The van der Waals surface area contributed by atoms with Crippen LogP contribution in [0.2, 0.25) is 0 Å². The quantitative estimate of drug-likeness (QED) is 0.0798. The van der Waals surface area contributed by atoms with E-state index in [0.29, 0.717) is 0 Å². The first-order valence-corrected chi connectivity index (χ1v) is 46.8. The zero-order valence-corrected chi connectivity index (χ0v) is 77.5. The Morgan fingerprint density at radius 1 is 0.101 bits per heavy atom. The monoisotopic (exact) mass is 1780 g/mol. The Morgan fingerprint density at radius 2 is 0.217 bits per heavy atom. The van der Waals surface area contributed by atoms with Crippen LogP contribution in [0.5, 0.6) is 34.5 Å². The molecule has 6 heteroatoms. The van der Waals surface area contributed by atoms with E-state index in [-0.39, 0.29) is 0 Å². The first-order valence-electron chi connectivity index (χ1n) is 46.8. The predicted octanol–water partition coefficient (Wildman–Crippen LogP) is 35.5. The summed E-state index contributed by atoms with van der Waals surface area (Å²) in [5.74, 6) is 5.01. The van der Waals surface area contributed by atoms with Gasteiger partial charge in [-0.15, -0.1) is 0 Å². The Hall–Kier alpha value is -17.6. The molecule has 6 nitrogen and oxygen atoms in total. The predicted molar refractivity (Wildman–Crippen MR) is 581 cm³/mol. The van der Waals surface area contributed by atoms with E-state index in [1.54, 1.807) is 42.7 Å². The summed E-state index contributed by atoms with van der Waals surface area (Å²) >= 11 is 0. The molecule has 0 atom stereocenters. The van der Waals surface area contributed by atoms with Crippen LogP contribution in [0.4, 0.5) is 0 Å². The Kier molecular flexibility index (Phi) is 23.5. The van der Waals surface area contributed by atoms with E-state index in [0.717, 1.165) is 84.0 Å². The SMILES string of the molecule is COc1ccc(-c2c3ccccc3c(-c3ccccc3)c3c(-c4ccc(OC)cc4)c4ccccc4c(-c4ccccc4)c23)cc1.COc1ccc(-c2c3ccccc3c(-c3ccccc3)c3c(-c4ccccc4)c4ccc(OC)cc4c(-c4ccccc4)c23)cc1.COc1ccc2c(-c3ccccc3)c3c(-c4ccccc4)c4cc(OC)ccc4c(-c4ccccc4)c3c(-c3ccccc3)c2c1. The topological polar surface area (TPSA) is 55.4 Å². The van der Waals surface area contributed by atoms with Gasteiger partial charge in [0.1, 0.15) is 34.5 Å². The van der Waals surface area contributed by atoms with Crippen LogP contribution >= 0.6 is 0 Å². The molecule has 0 unspecified atom stereocenters. The molecule has 24 rings (SSSR count). The van der Waals surface area contributed by atoms with Crippen molar-refractivity contribution in [3.05, 3.63) is 473 Å². The number of ether oxygens (including phenoxy) is 6. The van der Waals surface area contributed by atoms with Crippen molar-refractivity contribution in [1.29, 1.82) is 0 Å². The van der Waals surface area contributed by atoms with E-state index in [4.69, 9.17) is 28.4 Å². The fourth-order valence-electron chi connectivity index (χ4n) is 21.2. The Bertz CT molecular complexity index is 8310. The number of rotatable bonds is 18. The molecule has 0 aromatic heterocycles. The minimum atomic E-state index is 0.832. The van der Waals surface area contributed by atoms with Crippen LogP contribution in [0.25, 0.3) is 230 Å². The zero-order chi connectivity index (χ0) is 93.1. The normalized spacial score (nSPS) is 11.3. The van der Waals surface area contributed by atoms with E-state index in [1.807, 2.05) is 0 Å². The molecule has 660 valence electrons. The summed E-state index contributed by atoms with van der Waals surface area (Å²) in [4.78, 5) is 0. The van der Waals surface area contributed by atoms with Gasteiger partial charge in [0.15, 0.2) is 0 Å². The molecule has 0 fully saturated rings. The van der Waals surface area contributed by atoms with Gasteiger partial charge in [-0.2, -0.15) is 0 Å². The molecule has 0 aliphatic carbocycles. The van der Waals surface area contributed by atoms with Crippen molar-refractivity contribution in [3.63, 3.8) is 0 Å². The molecule has 0 radical (unpaired) electrons. The molecule has 0 heterocycles. The minimum Gasteiger partial charge on any atom is -0.497 e. The lowest BCUT2D eigenvalue weighted by atomic mass is 9.77. The van der Waals surface area contributed by atoms with Gasteiger partial charge in [0.05, 0.1) is 42.7 Å². The van der Waals surface area contributed by atoms with Crippen LogP contribution in [-0.4, -0.2) is 42.7 Å². The number of hydrogen-bond donors (Lipinski definition) is 0. The molecule has 0 saturated carbocycles. The van der Waals surface area contributed by atoms with Gasteiger partial charge in [0, 0.05) is 0 Å². The van der Waals surface area contributed by atoms with Gasteiger partial charge in [-0.25, -0.2) is 0 Å². The van der Waals surface area contributed by atoms with Gasteiger partial charge in [-0.1, -0.05) is 400 Å². The second kappa shape index (κ2) is 37.8. The highest BCUT2D eigenvalue weighted by molar-refractivity contribution is 6.38. The molecule has 0 saturated heterocycles. The standard InChI is InChI=1S/3C44H32O2/c1-45-33-23-25-35-37(27-33)41(31-19-11-5-12-20-31)43-40(30-17-9-4-10-18-30)36-26-24-34(46-2)28-38(36)42(32-21-13-6-14-22-32)44(43)39(35)29-15-7-3-8-16-29;1-45-33-24-22-32(23-25-33)41-36-21-13-12-20-35(36)39(29-14-6-3-7-15-29)43-40(30-16-8-4-9-17-30)37-27-26-34(46-2)28-38(37)42(44(41)43)31-18-10-5-11-19-31;1-45-33-25-21-31(22-26-33)41-37-19-11-9-17-35(37)40(30-15-7-4-8-16-30)44-42(32-23-27-34(46-2)28-24-32)38-20-12-10-18-36(38)39(43(41)44)29-13-5-3-6-14-29/h3*3-28H,1-2H3. The lowest BCUT2D eigenvalue weighted by molar-refractivity contribution is 0.415. The van der Waals surface area contributed by atoms with Crippen molar-refractivity contribution in [2.24, 2.45) is 0 Å². The molecule has 0 amide bonds. The number of methoxy groups -OCH3 is 6. The van der Waals surface area contributed by atoms with Gasteiger partial charge in [-0.3, -0.25) is 0 Å². The average Bonchev–Trinajstić information content (AvgIpc) is 0.703. The first kappa shape index (κ1) is 85.9. The Labute approximate surface area is 803 Å². The van der Waals surface area contributed by atoms with Crippen LogP contribution in [0.1, 0.15) is 0 Å². The highest BCUT2D eigenvalue weighted by Gasteiger charge is 2.32. The van der Waals surface area contributed by atoms with E-state index in [2.05, 4.69) is 473 Å². The van der Waals surface area contributed by atoms with E-state index >= 15 is 0 Å². The summed E-state index contributed by atoms with van der Waals surface area (Å²) in [5.41, 5.74) is 28.5. The molecule has 138 heavy (non-hydrogen) atoms. The summed E-state index contributed by atoms with van der Waals surface area (Å²) in [6.45, 7) is 0. The van der Waals surface area contributed by atoms with Crippen molar-refractivity contribution in [1.82, 2.24) is 0 Å². The maximum Gasteiger partial charge on any atom is 0.119 e.